The smallest absolute Gasteiger partial charge is 0.0873 e. The molecule has 0 amide bonds. The highest BCUT2D eigenvalue weighted by molar-refractivity contribution is 6.30. The highest BCUT2D eigenvalue weighted by atomic mass is 35.5. The van der Waals surface area contributed by atoms with Crippen molar-refractivity contribution in [1.29, 1.82) is 0 Å². The Labute approximate surface area is 97.1 Å². The molecule has 84 valence electrons. The summed E-state index contributed by atoms with van der Waals surface area (Å²) in [4.78, 5) is 0. The Morgan fingerprint density at radius 1 is 1.07 bits per heavy atom. The van der Waals surface area contributed by atoms with Crippen LogP contribution in [0.5, 0.6) is 0 Å². The Hall–Kier alpha value is -0.530. The van der Waals surface area contributed by atoms with Gasteiger partial charge in [-0.05, 0) is 36.5 Å². The predicted octanol–water partition coefficient (Wildman–Crippen LogP) is 3.98. The fourth-order valence-electron chi connectivity index (χ4n) is 1.94. The maximum absolute atomic E-state index is 10.4. The van der Waals surface area contributed by atoms with Gasteiger partial charge in [0.15, 0.2) is 0 Å². The van der Waals surface area contributed by atoms with Crippen LogP contribution in [0.15, 0.2) is 24.3 Å². The van der Waals surface area contributed by atoms with E-state index in [1.54, 1.807) is 0 Å². The first kappa shape index (κ1) is 12.5. The minimum Gasteiger partial charge on any atom is -0.385 e. The molecule has 1 aromatic rings. The van der Waals surface area contributed by atoms with Crippen molar-refractivity contribution >= 4 is 11.6 Å². The zero-order valence-electron chi connectivity index (χ0n) is 9.84. The number of hydrogen-bond acceptors (Lipinski definition) is 1. The van der Waals surface area contributed by atoms with E-state index < -0.39 is 5.60 Å². The van der Waals surface area contributed by atoms with Crippen molar-refractivity contribution in [2.45, 2.75) is 39.7 Å². The molecule has 0 fully saturated rings. The summed E-state index contributed by atoms with van der Waals surface area (Å²) in [5.74, 6) is 0. The molecule has 0 bridgehead atoms. The molecule has 2 heteroatoms. The Morgan fingerprint density at radius 2 is 1.53 bits per heavy atom. The maximum Gasteiger partial charge on any atom is 0.0873 e. The first-order valence-corrected chi connectivity index (χ1v) is 5.57. The van der Waals surface area contributed by atoms with Crippen molar-refractivity contribution in [3.8, 4) is 0 Å². The van der Waals surface area contributed by atoms with Crippen LogP contribution in [0.3, 0.4) is 0 Å². The summed E-state index contributed by atoms with van der Waals surface area (Å²) in [6.45, 7) is 8.22. The monoisotopic (exact) mass is 226 g/mol. The van der Waals surface area contributed by atoms with Crippen molar-refractivity contribution in [2.24, 2.45) is 5.41 Å². The van der Waals surface area contributed by atoms with Gasteiger partial charge in [0, 0.05) is 5.02 Å². The minimum atomic E-state index is -0.789. The van der Waals surface area contributed by atoms with Crippen molar-refractivity contribution in [3.05, 3.63) is 34.9 Å². The minimum absolute atomic E-state index is 0.100. The maximum atomic E-state index is 10.4. The molecule has 1 atom stereocenters. The van der Waals surface area contributed by atoms with Gasteiger partial charge in [-0.25, -0.2) is 0 Å². The molecule has 1 N–H and O–H groups in total. The van der Waals surface area contributed by atoms with Gasteiger partial charge in [0.1, 0.15) is 0 Å². The second-order valence-electron chi connectivity index (χ2n) is 5.52. The quantitative estimate of drug-likeness (QED) is 0.809. The molecule has 0 aliphatic heterocycles. The largest absolute Gasteiger partial charge is 0.385 e. The van der Waals surface area contributed by atoms with Crippen LogP contribution in [0.4, 0.5) is 0 Å². The molecule has 0 saturated carbocycles. The Balaban J connectivity index is 2.90. The van der Waals surface area contributed by atoms with E-state index in [1.807, 2.05) is 31.2 Å². The number of aliphatic hydroxyl groups is 1. The van der Waals surface area contributed by atoms with Crippen molar-refractivity contribution in [3.63, 3.8) is 0 Å². The summed E-state index contributed by atoms with van der Waals surface area (Å²) >= 11 is 5.81. The van der Waals surface area contributed by atoms with Crippen LogP contribution in [-0.2, 0) is 5.60 Å². The Morgan fingerprint density at radius 3 is 1.93 bits per heavy atom. The molecular weight excluding hydrogens is 208 g/mol. The van der Waals surface area contributed by atoms with Crippen molar-refractivity contribution in [1.82, 2.24) is 0 Å². The van der Waals surface area contributed by atoms with Gasteiger partial charge in [-0.2, -0.15) is 0 Å². The van der Waals surface area contributed by atoms with Crippen molar-refractivity contribution in [2.75, 3.05) is 0 Å². The van der Waals surface area contributed by atoms with Crippen LogP contribution in [-0.4, -0.2) is 5.11 Å². The molecule has 1 unspecified atom stereocenters. The Bertz CT molecular complexity index is 319. The van der Waals surface area contributed by atoms with Crippen LogP contribution in [0.2, 0.25) is 5.02 Å². The van der Waals surface area contributed by atoms with E-state index in [0.717, 1.165) is 12.0 Å². The molecule has 15 heavy (non-hydrogen) atoms. The van der Waals surface area contributed by atoms with Crippen molar-refractivity contribution < 1.29 is 5.11 Å². The van der Waals surface area contributed by atoms with E-state index in [9.17, 15) is 5.11 Å². The van der Waals surface area contributed by atoms with E-state index in [-0.39, 0.29) is 5.41 Å². The fraction of sp³-hybridized carbons (Fsp3) is 0.538. The molecule has 0 aliphatic rings. The van der Waals surface area contributed by atoms with E-state index in [1.165, 1.54) is 0 Å². The van der Waals surface area contributed by atoms with Crippen LogP contribution >= 0.6 is 11.6 Å². The predicted molar refractivity (Wildman–Crippen MR) is 65.1 cm³/mol. The molecule has 0 saturated heterocycles. The summed E-state index contributed by atoms with van der Waals surface area (Å²) in [7, 11) is 0. The number of rotatable bonds is 2. The van der Waals surface area contributed by atoms with Crippen LogP contribution in [0.25, 0.3) is 0 Å². The number of benzene rings is 1. The van der Waals surface area contributed by atoms with Gasteiger partial charge in [0.25, 0.3) is 0 Å². The topological polar surface area (TPSA) is 20.2 Å². The summed E-state index contributed by atoms with van der Waals surface area (Å²) in [5, 5.41) is 11.1. The second kappa shape index (κ2) is 4.15. The van der Waals surface area contributed by atoms with Gasteiger partial charge < -0.3 is 5.11 Å². The molecule has 1 rings (SSSR count). The van der Waals surface area contributed by atoms with Gasteiger partial charge in [0.05, 0.1) is 5.60 Å². The molecule has 0 aliphatic carbocycles. The van der Waals surface area contributed by atoms with Gasteiger partial charge in [-0.3, -0.25) is 0 Å². The third-order valence-corrected chi connectivity index (χ3v) is 2.59. The standard InChI is InChI=1S/C13H19ClO/c1-12(2,3)9-13(4,15)10-5-7-11(14)8-6-10/h5-8,15H,9H2,1-4H3. The normalized spacial score (nSPS) is 16.1. The molecule has 0 aromatic heterocycles. The third-order valence-electron chi connectivity index (χ3n) is 2.34. The molecular formula is C13H19ClO. The highest BCUT2D eigenvalue weighted by Gasteiger charge is 2.28. The first-order chi connectivity index (χ1) is 6.71. The number of hydrogen-bond donors (Lipinski definition) is 1. The van der Waals surface area contributed by atoms with Gasteiger partial charge >= 0.3 is 0 Å². The lowest BCUT2D eigenvalue weighted by Gasteiger charge is -2.31. The summed E-state index contributed by atoms with van der Waals surface area (Å²) < 4.78 is 0. The van der Waals surface area contributed by atoms with Crippen LogP contribution < -0.4 is 0 Å². The zero-order chi connectivity index (χ0) is 11.7. The second-order valence-corrected chi connectivity index (χ2v) is 5.95. The van der Waals surface area contributed by atoms with Crippen LogP contribution in [0.1, 0.15) is 39.7 Å². The highest BCUT2D eigenvalue weighted by Crippen LogP contribution is 2.34. The van der Waals surface area contributed by atoms with E-state index in [4.69, 9.17) is 11.6 Å². The zero-order valence-corrected chi connectivity index (χ0v) is 10.6. The van der Waals surface area contributed by atoms with Gasteiger partial charge in [-0.15, -0.1) is 0 Å². The SMILES string of the molecule is CC(C)(C)CC(C)(O)c1ccc(Cl)cc1. The number of halogens is 1. The fourth-order valence-corrected chi connectivity index (χ4v) is 2.07. The Kier molecular flexibility index (Phi) is 3.47. The molecule has 0 heterocycles. The van der Waals surface area contributed by atoms with Crippen LogP contribution in [0, 0.1) is 5.41 Å². The molecule has 0 spiro atoms. The lowest BCUT2D eigenvalue weighted by atomic mass is 9.79. The summed E-state index contributed by atoms with van der Waals surface area (Å²) in [6, 6.07) is 7.39. The average molecular weight is 227 g/mol. The summed E-state index contributed by atoms with van der Waals surface area (Å²) in [5.41, 5.74) is 0.230. The van der Waals surface area contributed by atoms with Gasteiger partial charge in [-0.1, -0.05) is 44.5 Å². The molecule has 1 nitrogen and oxygen atoms in total. The lowest BCUT2D eigenvalue weighted by molar-refractivity contribution is 0.0151. The third kappa shape index (κ3) is 3.84. The van der Waals surface area contributed by atoms with E-state index in [0.29, 0.717) is 5.02 Å². The average Bonchev–Trinajstić information content (AvgIpc) is 2.00. The van der Waals surface area contributed by atoms with E-state index in [2.05, 4.69) is 20.8 Å². The lowest BCUT2D eigenvalue weighted by Crippen LogP contribution is -2.27. The van der Waals surface area contributed by atoms with E-state index >= 15 is 0 Å². The first-order valence-electron chi connectivity index (χ1n) is 5.19. The van der Waals surface area contributed by atoms with Gasteiger partial charge in [0.2, 0.25) is 0 Å². The molecule has 1 aromatic carbocycles. The molecule has 0 radical (unpaired) electrons. The summed E-state index contributed by atoms with van der Waals surface area (Å²) in [6.07, 6.45) is 0.724.